The summed E-state index contributed by atoms with van der Waals surface area (Å²) in [5.41, 5.74) is 9.40. The van der Waals surface area contributed by atoms with Crippen LogP contribution in [0.25, 0.3) is 0 Å². The van der Waals surface area contributed by atoms with E-state index in [-0.39, 0.29) is 6.04 Å². The van der Waals surface area contributed by atoms with Crippen LogP contribution in [0.3, 0.4) is 0 Å². The van der Waals surface area contributed by atoms with E-state index < -0.39 is 0 Å². The summed E-state index contributed by atoms with van der Waals surface area (Å²) < 4.78 is 4.12. The topological polar surface area (TPSA) is 48.8 Å². The minimum atomic E-state index is 0.0732. The molecule has 2 aromatic rings. The summed E-state index contributed by atoms with van der Waals surface area (Å²) in [4.78, 5) is 0. The molecule has 0 aromatic carbocycles. The van der Waals surface area contributed by atoms with Crippen molar-refractivity contribution in [2.24, 2.45) is 11.7 Å². The minimum Gasteiger partial charge on any atom is -0.348 e. The Morgan fingerprint density at radius 2 is 2.05 bits per heavy atom. The van der Waals surface area contributed by atoms with Crippen molar-refractivity contribution in [3.63, 3.8) is 0 Å². The van der Waals surface area contributed by atoms with Gasteiger partial charge in [0.2, 0.25) is 0 Å². The first-order valence-electron chi connectivity index (χ1n) is 7.63. The van der Waals surface area contributed by atoms with E-state index in [0.29, 0.717) is 5.92 Å². The van der Waals surface area contributed by atoms with Gasteiger partial charge in [-0.1, -0.05) is 32.4 Å². The third-order valence-electron chi connectivity index (χ3n) is 3.90. The van der Waals surface area contributed by atoms with Crippen molar-refractivity contribution in [1.29, 1.82) is 0 Å². The van der Waals surface area contributed by atoms with Gasteiger partial charge in [-0.3, -0.25) is 4.68 Å². The second kappa shape index (κ2) is 6.67. The summed E-state index contributed by atoms with van der Waals surface area (Å²) in [6.45, 7) is 9.99. The molecule has 0 saturated carbocycles. The van der Waals surface area contributed by atoms with Crippen LogP contribution < -0.4 is 5.73 Å². The van der Waals surface area contributed by atoms with Gasteiger partial charge >= 0.3 is 0 Å². The molecule has 5 heteroatoms. The number of halogens is 1. The first kappa shape index (κ1) is 16.1. The molecular weight excluding hydrogens is 284 g/mol. The third kappa shape index (κ3) is 3.33. The molecule has 0 radical (unpaired) electrons. The molecule has 21 heavy (non-hydrogen) atoms. The lowest BCUT2D eigenvalue weighted by Crippen LogP contribution is -2.16. The van der Waals surface area contributed by atoms with Gasteiger partial charge in [-0.15, -0.1) is 0 Å². The lowest BCUT2D eigenvalue weighted by molar-refractivity contribution is 0.513. The molecule has 2 rings (SSSR count). The number of rotatable bonds is 6. The molecule has 0 amide bonds. The quantitative estimate of drug-likeness (QED) is 0.886. The highest BCUT2D eigenvalue weighted by Crippen LogP contribution is 2.24. The van der Waals surface area contributed by atoms with Crippen LogP contribution >= 0.6 is 11.6 Å². The Hall–Kier alpha value is -1.26. The summed E-state index contributed by atoms with van der Waals surface area (Å²) in [5.74, 6) is 0.428. The monoisotopic (exact) mass is 308 g/mol. The van der Waals surface area contributed by atoms with E-state index >= 15 is 0 Å². The first-order chi connectivity index (χ1) is 9.97. The number of nitrogens with two attached hydrogens (primary N) is 1. The molecule has 116 valence electrons. The molecule has 2 N–H and O–H groups in total. The van der Waals surface area contributed by atoms with Crippen LogP contribution in [-0.4, -0.2) is 14.3 Å². The van der Waals surface area contributed by atoms with Crippen molar-refractivity contribution in [1.82, 2.24) is 14.3 Å². The predicted molar refractivity (Wildman–Crippen MR) is 87.6 cm³/mol. The molecule has 4 nitrogen and oxygen atoms in total. The molecule has 0 aliphatic rings. The van der Waals surface area contributed by atoms with E-state index in [2.05, 4.69) is 55.8 Å². The highest BCUT2D eigenvalue weighted by atomic mass is 35.5. The number of hydrogen-bond donors (Lipinski definition) is 1. The van der Waals surface area contributed by atoms with Crippen LogP contribution in [0.5, 0.6) is 0 Å². The van der Waals surface area contributed by atoms with E-state index in [9.17, 15) is 0 Å². The normalized spacial score (nSPS) is 13.1. The van der Waals surface area contributed by atoms with Crippen molar-refractivity contribution >= 4 is 11.6 Å². The summed E-state index contributed by atoms with van der Waals surface area (Å²) in [7, 11) is 0. The molecule has 0 bridgehead atoms. The predicted octanol–water partition coefficient (Wildman–Crippen LogP) is 3.62. The van der Waals surface area contributed by atoms with E-state index in [1.165, 1.54) is 5.56 Å². The highest BCUT2D eigenvalue weighted by Gasteiger charge is 2.16. The lowest BCUT2D eigenvalue weighted by atomic mass is 10.00. The van der Waals surface area contributed by atoms with Gasteiger partial charge in [-0.2, -0.15) is 5.10 Å². The van der Waals surface area contributed by atoms with Crippen LogP contribution in [0.15, 0.2) is 18.5 Å². The van der Waals surface area contributed by atoms with Crippen molar-refractivity contribution in [2.75, 3.05) is 0 Å². The Balaban J connectivity index is 2.24. The van der Waals surface area contributed by atoms with Gasteiger partial charge in [-0.25, -0.2) is 0 Å². The Labute approximate surface area is 131 Å². The lowest BCUT2D eigenvalue weighted by Gasteiger charge is -2.13. The van der Waals surface area contributed by atoms with Crippen LogP contribution in [-0.2, 0) is 19.5 Å². The molecule has 2 aromatic heterocycles. The molecule has 0 aliphatic heterocycles. The van der Waals surface area contributed by atoms with E-state index in [1.807, 2.05) is 4.68 Å². The number of aryl methyl sites for hydroxylation is 2. The van der Waals surface area contributed by atoms with Crippen molar-refractivity contribution in [3.8, 4) is 0 Å². The van der Waals surface area contributed by atoms with Gasteiger partial charge in [0.05, 0.1) is 23.0 Å². The molecule has 0 saturated heterocycles. The fraction of sp³-hybridized carbons (Fsp3) is 0.562. The zero-order valence-electron chi connectivity index (χ0n) is 13.3. The Bertz CT molecular complexity index is 597. The van der Waals surface area contributed by atoms with E-state index in [4.69, 9.17) is 17.3 Å². The fourth-order valence-corrected chi connectivity index (χ4v) is 2.81. The van der Waals surface area contributed by atoms with E-state index in [1.54, 1.807) is 0 Å². The zero-order chi connectivity index (χ0) is 15.6. The Morgan fingerprint density at radius 1 is 1.33 bits per heavy atom. The van der Waals surface area contributed by atoms with Gasteiger partial charge in [-0.05, 0) is 30.9 Å². The smallest absolute Gasteiger partial charge is 0.0868 e. The number of nitrogens with zero attached hydrogens (tertiary/aromatic N) is 3. The molecule has 0 aliphatic carbocycles. The standard InChI is InChI=1S/C16H25ClN4/c1-5-13-15(17)14(21(6-2)19-13)10-20-8-7-12(9-20)16(18)11(3)4/h7-9,11,16H,5-6,10,18H2,1-4H3. The van der Waals surface area contributed by atoms with Crippen molar-refractivity contribution < 1.29 is 0 Å². The maximum absolute atomic E-state index is 6.46. The molecule has 1 atom stereocenters. The summed E-state index contributed by atoms with van der Waals surface area (Å²) in [6, 6.07) is 2.16. The van der Waals surface area contributed by atoms with Crippen LogP contribution in [0.1, 0.15) is 50.7 Å². The second-order valence-electron chi connectivity index (χ2n) is 5.76. The summed E-state index contributed by atoms with van der Waals surface area (Å²) in [5, 5.41) is 5.35. The number of hydrogen-bond acceptors (Lipinski definition) is 2. The first-order valence-corrected chi connectivity index (χ1v) is 8.01. The Kier molecular flexibility index (Phi) is 5.12. The molecule has 2 heterocycles. The van der Waals surface area contributed by atoms with Crippen LogP contribution in [0.4, 0.5) is 0 Å². The molecule has 1 unspecified atom stereocenters. The SMILES string of the molecule is CCc1nn(CC)c(Cn2ccc(C(N)C(C)C)c2)c1Cl. The van der Waals surface area contributed by atoms with Gasteiger partial charge in [0.1, 0.15) is 0 Å². The van der Waals surface area contributed by atoms with Gasteiger partial charge in [0.25, 0.3) is 0 Å². The summed E-state index contributed by atoms with van der Waals surface area (Å²) >= 11 is 6.46. The fourth-order valence-electron chi connectivity index (χ4n) is 2.48. The Morgan fingerprint density at radius 3 is 2.62 bits per heavy atom. The zero-order valence-corrected chi connectivity index (χ0v) is 14.1. The van der Waals surface area contributed by atoms with E-state index in [0.717, 1.165) is 35.9 Å². The molecule has 0 fully saturated rings. The largest absolute Gasteiger partial charge is 0.348 e. The molecular formula is C16H25ClN4. The van der Waals surface area contributed by atoms with Gasteiger partial charge in [0, 0.05) is 25.0 Å². The van der Waals surface area contributed by atoms with Crippen molar-refractivity contribution in [3.05, 3.63) is 40.4 Å². The van der Waals surface area contributed by atoms with Gasteiger partial charge in [0.15, 0.2) is 0 Å². The van der Waals surface area contributed by atoms with Crippen molar-refractivity contribution in [2.45, 2.75) is 53.2 Å². The maximum atomic E-state index is 6.46. The average Bonchev–Trinajstić information content (AvgIpc) is 3.04. The maximum Gasteiger partial charge on any atom is 0.0868 e. The number of aromatic nitrogens is 3. The summed E-state index contributed by atoms with van der Waals surface area (Å²) in [6.07, 6.45) is 5.03. The van der Waals surface area contributed by atoms with Crippen LogP contribution in [0, 0.1) is 5.92 Å². The molecule has 0 spiro atoms. The average molecular weight is 309 g/mol. The second-order valence-corrected chi connectivity index (χ2v) is 6.14. The third-order valence-corrected chi connectivity index (χ3v) is 4.34. The highest BCUT2D eigenvalue weighted by molar-refractivity contribution is 6.31. The van der Waals surface area contributed by atoms with Gasteiger partial charge < -0.3 is 10.3 Å². The minimum absolute atomic E-state index is 0.0732. The van der Waals surface area contributed by atoms with Crippen LogP contribution in [0.2, 0.25) is 5.02 Å².